The molecular weight excluding hydrogens is 173 g/mol. The Kier molecular flexibility index (Phi) is 2.51. The lowest BCUT2D eigenvalue weighted by Gasteiger charge is -1.96. The van der Waals surface area contributed by atoms with Gasteiger partial charge in [-0.15, -0.1) is 11.8 Å². The molecule has 0 saturated heterocycles. The number of hydrogen-bond acceptors (Lipinski definition) is 2. The van der Waals surface area contributed by atoms with E-state index >= 15 is 0 Å². The zero-order chi connectivity index (χ0) is 7.56. The maximum absolute atomic E-state index is 12.6. The van der Waals surface area contributed by atoms with Gasteiger partial charge in [0.15, 0.2) is 5.82 Å². The number of thioether (sulfide) groups is 1. The molecule has 1 nitrogen and oxygen atoms in total. The van der Waals surface area contributed by atoms with Crippen molar-refractivity contribution in [2.24, 2.45) is 0 Å². The Morgan fingerprint density at radius 2 is 2.40 bits per heavy atom. The van der Waals surface area contributed by atoms with Gasteiger partial charge in [-0.1, -0.05) is 11.6 Å². The van der Waals surface area contributed by atoms with Gasteiger partial charge < -0.3 is 0 Å². The first-order valence-corrected chi connectivity index (χ1v) is 4.19. The van der Waals surface area contributed by atoms with Crippen LogP contribution in [0.1, 0.15) is 0 Å². The van der Waals surface area contributed by atoms with Crippen LogP contribution < -0.4 is 0 Å². The molecule has 54 valence electrons. The molecule has 0 aromatic carbocycles. The molecule has 10 heavy (non-hydrogen) atoms. The second-order valence-corrected chi connectivity index (χ2v) is 2.88. The Hall–Kier alpha value is -0.280. The molecule has 0 amide bonds. The molecule has 0 aliphatic carbocycles. The van der Waals surface area contributed by atoms with Crippen molar-refractivity contribution in [3.05, 3.63) is 23.2 Å². The van der Waals surface area contributed by atoms with Crippen LogP contribution in [0.15, 0.2) is 17.2 Å². The van der Waals surface area contributed by atoms with Crippen LogP contribution in [0.2, 0.25) is 5.15 Å². The van der Waals surface area contributed by atoms with Gasteiger partial charge in [0.05, 0.1) is 6.20 Å². The smallest absolute Gasteiger partial charge is 0.155 e. The summed E-state index contributed by atoms with van der Waals surface area (Å²) >= 11 is 6.81. The average molecular weight is 178 g/mol. The molecule has 0 spiro atoms. The normalized spacial score (nSPS) is 9.90. The fraction of sp³-hybridized carbons (Fsp3) is 0.167. The second kappa shape index (κ2) is 3.21. The summed E-state index contributed by atoms with van der Waals surface area (Å²) in [5, 5.41) is 0.325. The SMILES string of the molecule is CSc1cc(Cl)ncc1F. The minimum atomic E-state index is -0.322. The molecule has 0 saturated carbocycles. The first-order chi connectivity index (χ1) is 4.74. The third-order valence-electron chi connectivity index (χ3n) is 1.01. The number of pyridine rings is 1. The van der Waals surface area contributed by atoms with Crippen LogP contribution in [0.25, 0.3) is 0 Å². The number of halogens is 2. The fourth-order valence-electron chi connectivity index (χ4n) is 0.553. The topological polar surface area (TPSA) is 12.9 Å². The molecule has 0 radical (unpaired) electrons. The third kappa shape index (κ3) is 1.61. The molecule has 1 heterocycles. The Morgan fingerprint density at radius 3 is 2.90 bits per heavy atom. The lowest BCUT2D eigenvalue weighted by Crippen LogP contribution is -1.82. The Labute approximate surface area is 67.6 Å². The maximum atomic E-state index is 12.6. The lowest BCUT2D eigenvalue weighted by molar-refractivity contribution is 0.595. The van der Waals surface area contributed by atoms with Gasteiger partial charge in [-0.25, -0.2) is 9.37 Å². The average Bonchev–Trinajstić information content (AvgIpc) is 1.94. The fourth-order valence-corrected chi connectivity index (χ4v) is 1.25. The van der Waals surface area contributed by atoms with E-state index in [4.69, 9.17) is 11.6 Å². The van der Waals surface area contributed by atoms with Crippen LogP contribution in [-0.2, 0) is 0 Å². The van der Waals surface area contributed by atoms with Gasteiger partial charge in [-0.05, 0) is 12.3 Å². The Bertz CT molecular complexity index is 241. The van der Waals surface area contributed by atoms with Gasteiger partial charge >= 0.3 is 0 Å². The Balaban J connectivity index is 3.09. The van der Waals surface area contributed by atoms with Gasteiger partial charge in [-0.2, -0.15) is 0 Å². The summed E-state index contributed by atoms with van der Waals surface area (Å²) in [6.07, 6.45) is 2.91. The highest BCUT2D eigenvalue weighted by atomic mass is 35.5. The molecule has 0 aliphatic rings. The van der Waals surface area contributed by atoms with Gasteiger partial charge in [0.2, 0.25) is 0 Å². The van der Waals surface area contributed by atoms with E-state index in [1.807, 2.05) is 0 Å². The number of nitrogens with zero attached hydrogens (tertiary/aromatic N) is 1. The van der Waals surface area contributed by atoms with E-state index in [0.717, 1.165) is 6.20 Å². The van der Waals surface area contributed by atoms with Crippen molar-refractivity contribution >= 4 is 23.4 Å². The summed E-state index contributed by atoms with van der Waals surface area (Å²) in [5.74, 6) is -0.322. The molecule has 0 N–H and O–H groups in total. The van der Waals surface area contributed by atoms with Crippen molar-refractivity contribution in [3.63, 3.8) is 0 Å². The maximum Gasteiger partial charge on any atom is 0.155 e. The van der Waals surface area contributed by atoms with Gasteiger partial charge in [0, 0.05) is 4.90 Å². The highest BCUT2D eigenvalue weighted by Crippen LogP contribution is 2.20. The highest BCUT2D eigenvalue weighted by Gasteiger charge is 2.00. The van der Waals surface area contributed by atoms with E-state index in [2.05, 4.69) is 4.98 Å². The van der Waals surface area contributed by atoms with Crippen molar-refractivity contribution in [2.45, 2.75) is 4.90 Å². The summed E-state index contributed by atoms with van der Waals surface area (Å²) in [5.41, 5.74) is 0. The molecule has 0 unspecified atom stereocenters. The largest absolute Gasteiger partial charge is 0.241 e. The molecule has 1 aromatic heterocycles. The van der Waals surface area contributed by atoms with E-state index in [9.17, 15) is 4.39 Å². The first-order valence-electron chi connectivity index (χ1n) is 2.59. The minimum Gasteiger partial charge on any atom is -0.241 e. The molecule has 1 aromatic rings. The molecule has 4 heteroatoms. The van der Waals surface area contributed by atoms with Gasteiger partial charge in [0.1, 0.15) is 5.15 Å². The van der Waals surface area contributed by atoms with E-state index in [0.29, 0.717) is 10.0 Å². The summed E-state index contributed by atoms with van der Waals surface area (Å²) in [6, 6.07) is 1.50. The molecule has 0 atom stereocenters. The first kappa shape index (κ1) is 7.82. The van der Waals surface area contributed by atoms with Crippen LogP contribution in [0.3, 0.4) is 0 Å². The van der Waals surface area contributed by atoms with Crippen molar-refractivity contribution in [1.29, 1.82) is 0 Å². The minimum absolute atomic E-state index is 0.322. The van der Waals surface area contributed by atoms with E-state index in [1.165, 1.54) is 17.8 Å². The van der Waals surface area contributed by atoms with Crippen LogP contribution in [-0.4, -0.2) is 11.2 Å². The molecular formula is C6H5ClFNS. The van der Waals surface area contributed by atoms with Gasteiger partial charge in [-0.3, -0.25) is 0 Å². The molecule has 1 rings (SSSR count). The van der Waals surface area contributed by atoms with E-state index in [-0.39, 0.29) is 5.82 Å². The van der Waals surface area contributed by atoms with Crippen LogP contribution in [0, 0.1) is 5.82 Å². The monoisotopic (exact) mass is 177 g/mol. The number of aromatic nitrogens is 1. The van der Waals surface area contributed by atoms with Crippen LogP contribution >= 0.6 is 23.4 Å². The third-order valence-corrected chi connectivity index (χ3v) is 1.97. The molecule has 0 bridgehead atoms. The lowest BCUT2D eigenvalue weighted by atomic mass is 10.5. The second-order valence-electron chi connectivity index (χ2n) is 1.64. The summed E-state index contributed by atoms with van der Waals surface area (Å²) in [4.78, 5) is 4.09. The highest BCUT2D eigenvalue weighted by molar-refractivity contribution is 7.98. The predicted octanol–water partition coefficient (Wildman–Crippen LogP) is 2.60. The predicted molar refractivity (Wildman–Crippen MR) is 41.0 cm³/mol. The molecule has 0 fully saturated rings. The van der Waals surface area contributed by atoms with Gasteiger partial charge in [0.25, 0.3) is 0 Å². The zero-order valence-corrected chi connectivity index (χ0v) is 6.84. The number of hydrogen-bond donors (Lipinski definition) is 0. The molecule has 0 aliphatic heterocycles. The van der Waals surface area contributed by atoms with Crippen LogP contribution in [0.4, 0.5) is 4.39 Å². The number of rotatable bonds is 1. The van der Waals surface area contributed by atoms with E-state index < -0.39 is 0 Å². The van der Waals surface area contributed by atoms with Crippen molar-refractivity contribution in [2.75, 3.05) is 6.26 Å². The van der Waals surface area contributed by atoms with Crippen molar-refractivity contribution in [3.8, 4) is 0 Å². The summed E-state index contributed by atoms with van der Waals surface area (Å²) in [7, 11) is 0. The zero-order valence-electron chi connectivity index (χ0n) is 5.27. The van der Waals surface area contributed by atoms with Crippen LogP contribution in [0.5, 0.6) is 0 Å². The Morgan fingerprint density at radius 1 is 1.70 bits per heavy atom. The summed E-state index contributed by atoms with van der Waals surface area (Å²) < 4.78 is 12.6. The standard InChI is InChI=1S/C6H5ClFNS/c1-10-5-2-6(7)9-3-4(5)8/h2-3H,1H3. The quantitative estimate of drug-likeness (QED) is 0.483. The summed E-state index contributed by atoms with van der Waals surface area (Å²) in [6.45, 7) is 0. The van der Waals surface area contributed by atoms with Crippen molar-refractivity contribution < 1.29 is 4.39 Å². The van der Waals surface area contributed by atoms with Crippen molar-refractivity contribution in [1.82, 2.24) is 4.98 Å². The van der Waals surface area contributed by atoms with E-state index in [1.54, 1.807) is 6.26 Å².